The Labute approximate surface area is 118 Å². The second kappa shape index (κ2) is 5.51. The number of hydroxylamine groups is 2. The zero-order chi connectivity index (χ0) is 13.9. The van der Waals surface area contributed by atoms with E-state index in [4.69, 9.17) is 10.6 Å². The van der Waals surface area contributed by atoms with Crippen LogP contribution < -0.4 is 5.73 Å². The zero-order valence-corrected chi connectivity index (χ0v) is 11.3. The van der Waals surface area contributed by atoms with Gasteiger partial charge < -0.3 is 10.6 Å². The summed E-state index contributed by atoms with van der Waals surface area (Å²) in [7, 11) is 0. The molecule has 3 rings (SSSR count). The van der Waals surface area contributed by atoms with Crippen molar-refractivity contribution in [2.75, 3.05) is 13.1 Å². The summed E-state index contributed by atoms with van der Waals surface area (Å²) in [5, 5.41) is 4.26. The molecule has 2 N–H and O–H groups in total. The Morgan fingerprint density at radius 3 is 2.55 bits per heavy atom. The Morgan fingerprint density at radius 1 is 1.10 bits per heavy atom. The number of nitrogens with two attached hydrogens (primary N) is 1. The highest BCUT2D eigenvalue weighted by molar-refractivity contribution is 5.86. The highest BCUT2D eigenvalue weighted by atomic mass is 16.7. The van der Waals surface area contributed by atoms with E-state index in [2.05, 4.69) is 42.5 Å². The van der Waals surface area contributed by atoms with Crippen LogP contribution in [0.1, 0.15) is 24.3 Å². The minimum atomic E-state index is -0.728. The van der Waals surface area contributed by atoms with Crippen molar-refractivity contribution in [1.82, 2.24) is 5.06 Å². The first-order valence-corrected chi connectivity index (χ1v) is 6.94. The van der Waals surface area contributed by atoms with Crippen molar-refractivity contribution in [2.45, 2.75) is 18.8 Å². The average molecular weight is 270 g/mol. The topological polar surface area (TPSA) is 55.6 Å². The molecule has 0 saturated carbocycles. The molecule has 0 aromatic heterocycles. The van der Waals surface area contributed by atoms with Gasteiger partial charge in [0, 0.05) is 13.1 Å². The summed E-state index contributed by atoms with van der Waals surface area (Å²) >= 11 is 0. The predicted molar refractivity (Wildman–Crippen MR) is 78.2 cm³/mol. The van der Waals surface area contributed by atoms with Gasteiger partial charge in [-0.25, -0.2) is 4.79 Å². The van der Waals surface area contributed by atoms with Crippen molar-refractivity contribution in [2.24, 2.45) is 5.73 Å². The monoisotopic (exact) mass is 270 g/mol. The smallest absolute Gasteiger partial charge is 0.351 e. The van der Waals surface area contributed by atoms with Crippen LogP contribution in [0.4, 0.5) is 4.79 Å². The van der Waals surface area contributed by atoms with Crippen LogP contribution in [0.3, 0.4) is 0 Å². The van der Waals surface area contributed by atoms with Crippen LogP contribution in [0.25, 0.3) is 10.8 Å². The summed E-state index contributed by atoms with van der Waals surface area (Å²) in [5.74, 6) is 0.508. The van der Waals surface area contributed by atoms with Crippen LogP contribution in [0, 0.1) is 0 Å². The minimum absolute atomic E-state index is 0.508. The van der Waals surface area contributed by atoms with E-state index in [1.54, 1.807) is 5.06 Å². The molecule has 4 nitrogen and oxygen atoms in total. The Hall–Kier alpha value is -2.07. The average Bonchev–Trinajstić information content (AvgIpc) is 2.47. The van der Waals surface area contributed by atoms with Gasteiger partial charge in [-0.1, -0.05) is 42.5 Å². The second-order valence-electron chi connectivity index (χ2n) is 5.18. The third kappa shape index (κ3) is 2.60. The molecule has 0 atom stereocenters. The molecule has 0 bridgehead atoms. The SMILES string of the molecule is NC(=O)ON1CCC(c2cccc3ccccc23)CC1. The lowest BCUT2D eigenvalue weighted by atomic mass is 9.87. The summed E-state index contributed by atoms with van der Waals surface area (Å²) in [5.41, 5.74) is 6.43. The first-order chi connectivity index (χ1) is 9.74. The molecule has 1 fully saturated rings. The third-order valence-corrected chi connectivity index (χ3v) is 3.94. The number of primary amides is 1. The summed E-state index contributed by atoms with van der Waals surface area (Å²) in [6.07, 6.45) is 1.22. The van der Waals surface area contributed by atoms with E-state index < -0.39 is 6.09 Å². The molecule has 1 amide bonds. The van der Waals surface area contributed by atoms with E-state index in [1.807, 2.05) is 0 Å². The maximum atomic E-state index is 10.8. The largest absolute Gasteiger partial charge is 0.423 e. The minimum Gasteiger partial charge on any atom is -0.351 e. The number of fused-ring (bicyclic) bond motifs is 1. The fourth-order valence-corrected chi connectivity index (χ4v) is 2.99. The number of rotatable bonds is 2. The lowest BCUT2D eigenvalue weighted by Gasteiger charge is -2.30. The number of carbonyl (C=O) groups is 1. The molecule has 0 aliphatic carbocycles. The van der Waals surface area contributed by atoms with E-state index in [0.29, 0.717) is 5.92 Å². The van der Waals surface area contributed by atoms with Gasteiger partial charge in [0.2, 0.25) is 0 Å². The quantitative estimate of drug-likeness (QED) is 0.912. The molecule has 4 heteroatoms. The van der Waals surface area contributed by atoms with Crippen LogP contribution in [0.2, 0.25) is 0 Å². The first kappa shape index (κ1) is 12.9. The number of amides is 1. The molecule has 1 heterocycles. The van der Waals surface area contributed by atoms with Crippen molar-refractivity contribution in [3.8, 4) is 0 Å². The molecule has 1 aliphatic heterocycles. The molecule has 1 aliphatic rings. The standard InChI is InChI=1S/C16H18N2O2/c17-16(19)20-18-10-8-13(9-11-18)15-7-3-5-12-4-1-2-6-14(12)15/h1-7,13H,8-11H2,(H2,17,19). The molecule has 2 aromatic carbocycles. The van der Waals surface area contributed by atoms with Crippen LogP contribution in [0.5, 0.6) is 0 Å². The second-order valence-corrected chi connectivity index (χ2v) is 5.18. The molecule has 104 valence electrons. The van der Waals surface area contributed by atoms with Crippen LogP contribution in [-0.2, 0) is 4.84 Å². The molecule has 0 unspecified atom stereocenters. The van der Waals surface area contributed by atoms with Crippen LogP contribution in [-0.4, -0.2) is 24.2 Å². The number of piperidine rings is 1. The van der Waals surface area contributed by atoms with Gasteiger partial charge in [0.05, 0.1) is 0 Å². The van der Waals surface area contributed by atoms with Crippen molar-refractivity contribution < 1.29 is 9.63 Å². The number of carbonyl (C=O) groups excluding carboxylic acids is 1. The van der Waals surface area contributed by atoms with E-state index in [0.717, 1.165) is 25.9 Å². The van der Waals surface area contributed by atoms with E-state index in [9.17, 15) is 4.79 Å². The molecular weight excluding hydrogens is 252 g/mol. The Morgan fingerprint density at radius 2 is 1.80 bits per heavy atom. The molecule has 1 saturated heterocycles. The lowest BCUT2D eigenvalue weighted by Crippen LogP contribution is -2.36. The Bertz CT molecular complexity index is 613. The van der Waals surface area contributed by atoms with Gasteiger partial charge in [0.25, 0.3) is 0 Å². The fourth-order valence-electron chi connectivity index (χ4n) is 2.99. The zero-order valence-electron chi connectivity index (χ0n) is 11.3. The molecule has 0 radical (unpaired) electrons. The number of hydrogen-bond donors (Lipinski definition) is 1. The van der Waals surface area contributed by atoms with Crippen molar-refractivity contribution in [3.05, 3.63) is 48.0 Å². The van der Waals surface area contributed by atoms with Crippen molar-refractivity contribution >= 4 is 16.9 Å². The van der Waals surface area contributed by atoms with Gasteiger partial charge in [-0.2, -0.15) is 0 Å². The summed E-state index contributed by atoms with van der Waals surface area (Å²) in [6, 6.07) is 14.9. The van der Waals surface area contributed by atoms with Crippen LogP contribution >= 0.6 is 0 Å². The highest BCUT2D eigenvalue weighted by Gasteiger charge is 2.23. The van der Waals surface area contributed by atoms with E-state index in [1.165, 1.54) is 16.3 Å². The maximum Gasteiger partial charge on any atom is 0.423 e. The van der Waals surface area contributed by atoms with E-state index in [-0.39, 0.29) is 0 Å². The van der Waals surface area contributed by atoms with E-state index >= 15 is 0 Å². The molecule has 2 aromatic rings. The molecular formula is C16H18N2O2. The van der Waals surface area contributed by atoms with Gasteiger partial charge in [-0.15, -0.1) is 5.06 Å². The van der Waals surface area contributed by atoms with Gasteiger partial charge >= 0.3 is 6.09 Å². The Kier molecular flexibility index (Phi) is 3.56. The predicted octanol–water partition coefficient (Wildman–Crippen LogP) is 3.03. The van der Waals surface area contributed by atoms with Gasteiger partial charge in [-0.3, -0.25) is 0 Å². The normalized spacial score (nSPS) is 17.2. The first-order valence-electron chi connectivity index (χ1n) is 6.94. The summed E-state index contributed by atoms with van der Waals surface area (Å²) in [6.45, 7) is 1.47. The molecule has 20 heavy (non-hydrogen) atoms. The van der Waals surface area contributed by atoms with Crippen LogP contribution in [0.15, 0.2) is 42.5 Å². The summed E-state index contributed by atoms with van der Waals surface area (Å²) < 4.78 is 0. The number of nitrogens with zero attached hydrogens (tertiary/aromatic N) is 1. The number of hydrogen-bond acceptors (Lipinski definition) is 3. The van der Waals surface area contributed by atoms with Crippen molar-refractivity contribution in [1.29, 1.82) is 0 Å². The van der Waals surface area contributed by atoms with Gasteiger partial charge in [0.15, 0.2) is 0 Å². The fraction of sp³-hybridized carbons (Fsp3) is 0.312. The van der Waals surface area contributed by atoms with Gasteiger partial charge in [0.1, 0.15) is 0 Å². The maximum absolute atomic E-state index is 10.8. The van der Waals surface area contributed by atoms with Gasteiger partial charge in [-0.05, 0) is 35.1 Å². The highest BCUT2D eigenvalue weighted by Crippen LogP contribution is 2.32. The van der Waals surface area contributed by atoms with Crippen molar-refractivity contribution in [3.63, 3.8) is 0 Å². The number of benzene rings is 2. The lowest BCUT2D eigenvalue weighted by molar-refractivity contribution is -0.110. The molecule has 0 spiro atoms. The third-order valence-electron chi connectivity index (χ3n) is 3.94. The Balaban J connectivity index is 1.78. The summed E-state index contributed by atoms with van der Waals surface area (Å²) in [4.78, 5) is 15.7.